The molecule has 10 nitrogen and oxygen atoms in total. The third-order valence-corrected chi connectivity index (χ3v) is 6.02. The molecule has 6 aromatic rings. The summed E-state index contributed by atoms with van der Waals surface area (Å²) in [6.07, 6.45) is 10.9. The predicted molar refractivity (Wildman–Crippen MR) is 138 cm³/mol. The lowest BCUT2D eigenvalue weighted by Crippen LogP contribution is -2.19. The van der Waals surface area contributed by atoms with E-state index in [9.17, 15) is 0 Å². The van der Waals surface area contributed by atoms with Gasteiger partial charge in [0.15, 0.2) is 0 Å². The Labute approximate surface area is 207 Å². The highest BCUT2D eigenvalue weighted by Crippen LogP contribution is 2.32. The average Bonchev–Trinajstić information content (AvgIpc) is 3.61. The number of hydrogen-bond donors (Lipinski definition) is 2. The lowest BCUT2D eigenvalue weighted by molar-refractivity contribution is 0.261. The molecule has 0 fully saturated rings. The van der Waals surface area contributed by atoms with Crippen LogP contribution in [-0.4, -0.2) is 71.8 Å². The van der Waals surface area contributed by atoms with Gasteiger partial charge in [-0.1, -0.05) is 0 Å². The van der Waals surface area contributed by atoms with Crippen molar-refractivity contribution < 1.29 is 4.74 Å². The highest BCUT2D eigenvalue weighted by Gasteiger charge is 2.16. The number of aromatic amines is 2. The van der Waals surface area contributed by atoms with Gasteiger partial charge in [0, 0.05) is 41.5 Å². The van der Waals surface area contributed by atoms with Crippen molar-refractivity contribution in [1.82, 2.24) is 44.6 Å². The number of aromatic nitrogens is 8. The number of nitrogens with one attached hydrogen (secondary N) is 2. The Morgan fingerprint density at radius 2 is 1.94 bits per heavy atom. The summed E-state index contributed by atoms with van der Waals surface area (Å²) in [5, 5.41) is 9.62. The monoisotopic (exact) mass is 479 g/mol. The number of hydrogen-bond acceptors (Lipinski definition) is 7. The highest BCUT2D eigenvalue weighted by atomic mass is 16.5. The molecule has 0 atom stereocenters. The van der Waals surface area contributed by atoms with Gasteiger partial charge in [-0.2, -0.15) is 5.10 Å². The van der Waals surface area contributed by atoms with Crippen LogP contribution in [0.2, 0.25) is 0 Å². The first kappa shape index (κ1) is 21.9. The summed E-state index contributed by atoms with van der Waals surface area (Å²) in [6.45, 7) is 3.39. The largest absolute Gasteiger partial charge is 0.491 e. The van der Waals surface area contributed by atoms with Crippen LogP contribution in [-0.2, 0) is 0 Å². The van der Waals surface area contributed by atoms with Crippen molar-refractivity contribution in [2.45, 2.75) is 6.92 Å². The molecule has 36 heavy (non-hydrogen) atoms. The van der Waals surface area contributed by atoms with Crippen molar-refractivity contribution >= 4 is 21.9 Å². The summed E-state index contributed by atoms with van der Waals surface area (Å²) < 4.78 is 7.86. The maximum atomic E-state index is 5.86. The van der Waals surface area contributed by atoms with E-state index in [1.807, 2.05) is 56.3 Å². The SMILES string of the molecule is Cc1cn(-c2ccnc3[nH]c(-c4n[nH]c5cnc(-c6cncc(OCCN(C)C)c6)cc45)cc23)cn1. The number of aryl methyl sites for hydroxylation is 1. The van der Waals surface area contributed by atoms with Crippen LogP contribution in [0.15, 0.2) is 61.6 Å². The smallest absolute Gasteiger partial charge is 0.139 e. The molecule has 0 aromatic carbocycles. The van der Waals surface area contributed by atoms with Crippen molar-refractivity contribution in [3.8, 4) is 34.1 Å². The Hall–Kier alpha value is -4.57. The van der Waals surface area contributed by atoms with Gasteiger partial charge in [0.25, 0.3) is 0 Å². The molecule has 0 saturated heterocycles. The second-order valence-electron chi connectivity index (χ2n) is 8.95. The van der Waals surface area contributed by atoms with E-state index in [2.05, 4.69) is 46.1 Å². The minimum atomic E-state index is 0.589. The first-order chi connectivity index (χ1) is 17.5. The summed E-state index contributed by atoms with van der Waals surface area (Å²) in [5.74, 6) is 0.715. The molecular formula is C26H25N9O. The third kappa shape index (κ3) is 4.07. The van der Waals surface area contributed by atoms with Crippen LogP contribution in [0.1, 0.15) is 5.69 Å². The fourth-order valence-electron chi connectivity index (χ4n) is 4.18. The second-order valence-corrected chi connectivity index (χ2v) is 8.95. The van der Waals surface area contributed by atoms with Crippen LogP contribution < -0.4 is 4.74 Å². The Balaban J connectivity index is 1.37. The summed E-state index contributed by atoms with van der Waals surface area (Å²) in [6, 6.07) is 8.03. The molecule has 180 valence electrons. The molecule has 0 unspecified atom stereocenters. The second kappa shape index (κ2) is 8.90. The molecule has 0 saturated carbocycles. The van der Waals surface area contributed by atoms with Gasteiger partial charge < -0.3 is 19.2 Å². The van der Waals surface area contributed by atoms with E-state index in [0.29, 0.717) is 12.4 Å². The molecule has 0 aliphatic carbocycles. The van der Waals surface area contributed by atoms with Crippen LogP contribution in [0.4, 0.5) is 0 Å². The fraction of sp³-hybridized carbons (Fsp3) is 0.192. The minimum Gasteiger partial charge on any atom is -0.491 e. The lowest BCUT2D eigenvalue weighted by Gasteiger charge is -2.11. The van der Waals surface area contributed by atoms with Gasteiger partial charge in [-0.15, -0.1) is 0 Å². The fourth-order valence-corrected chi connectivity index (χ4v) is 4.18. The van der Waals surface area contributed by atoms with Crippen molar-refractivity contribution in [2.24, 2.45) is 0 Å². The lowest BCUT2D eigenvalue weighted by atomic mass is 10.1. The number of H-pyrrole nitrogens is 2. The van der Waals surface area contributed by atoms with Gasteiger partial charge in [-0.3, -0.25) is 15.1 Å². The number of rotatable bonds is 7. The number of likely N-dealkylation sites (N-methyl/N-ethyl adjacent to an activating group) is 1. The number of nitrogens with zero attached hydrogens (tertiary/aromatic N) is 7. The predicted octanol–water partition coefficient (Wildman–Crippen LogP) is 4.00. The molecule has 0 aliphatic rings. The molecule has 6 heterocycles. The van der Waals surface area contributed by atoms with E-state index in [1.54, 1.807) is 24.8 Å². The Morgan fingerprint density at radius 3 is 2.78 bits per heavy atom. The quantitative estimate of drug-likeness (QED) is 0.356. The Bertz CT molecular complexity index is 1680. The number of fused-ring (bicyclic) bond motifs is 2. The standard InChI is InChI=1S/C26H25N9O/c1-16-14-35(15-30-16)24-4-5-28-26-20(24)10-22(31-26)25-19-9-21(29-13-23(19)32-33-25)17-8-18(12-27-11-17)36-7-6-34(2)3/h4-5,8-15H,6-7H2,1-3H3,(H,28,31)(H,32,33). The van der Waals surface area contributed by atoms with Gasteiger partial charge >= 0.3 is 0 Å². The van der Waals surface area contributed by atoms with Gasteiger partial charge in [-0.05, 0) is 45.3 Å². The Kier molecular flexibility index (Phi) is 5.42. The van der Waals surface area contributed by atoms with Crippen LogP contribution in [0.5, 0.6) is 5.75 Å². The zero-order valence-corrected chi connectivity index (χ0v) is 20.2. The molecule has 2 N–H and O–H groups in total. The summed E-state index contributed by atoms with van der Waals surface area (Å²) in [7, 11) is 4.03. The summed E-state index contributed by atoms with van der Waals surface area (Å²) in [4.78, 5) is 23.4. The van der Waals surface area contributed by atoms with Crippen molar-refractivity contribution in [3.63, 3.8) is 0 Å². The normalized spacial score (nSPS) is 11.7. The minimum absolute atomic E-state index is 0.589. The van der Waals surface area contributed by atoms with E-state index in [0.717, 1.165) is 62.5 Å². The van der Waals surface area contributed by atoms with Gasteiger partial charge in [0.1, 0.15) is 23.7 Å². The van der Waals surface area contributed by atoms with Crippen molar-refractivity contribution in [1.29, 1.82) is 0 Å². The molecule has 0 aliphatic heterocycles. The molecule has 10 heteroatoms. The molecule has 0 radical (unpaired) electrons. The molecule has 0 bridgehead atoms. The van der Waals surface area contributed by atoms with E-state index in [-0.39, 0.29) is 0 Å². The topological polar surface area (TPSA) is 113 Å². The Morgan fingerprint density at radius 1 is 1.03 bits per heavy atom. The molecule has 0 spiro atoms. The molecule has 6 aromatic heterocycles. The number of pyridine rings is 3. The van der Waals surface area contributed by atoms with E-state index < -0.39 is 0 Å². The van der Waals surface area contributed by atoms with E-state index in [1.165, 1.54) is 0 Å². The zero-order chi connectivity index (χ0) is 24.6. The van der Waals surface area contributed by atoms with Crippen molar-refractivity contribution in [2.75, 3.05) is 27.2 Å². The van der Waals surface area contributed by atoms with E-state index in [4.69, 9.17) is 4.74 Å². The van der Waals surface area contributed by atoms with Crippen molar-refractivity contribution in [3.05, 3.63) is 67.3 Å². The molecular weight excluding hydrogens is 454 g/mol. The first-order valence-corrected chi connectivity index (χ1v) is 11.6. The third-order valence-electron chi connectivity index (χ3n) is 6.02. The maximum absolute atomic E-state index is 5.86. The van der Waals surface area contributed by atoms with Crippen LogP contribution >= 0.6 is 0 Å². The highest BCUT2D eigenvalue weighted by molar-refractivity contribution is 5.97. The summed E-state index contributed by atoms with van der Waals surface area (Å²) >= 11 is 0. The number of ether oxygens (including phenoxy) is 1. The number of imidazole rings is 1. The van der Waals surface area contributed by atoms with Crippen LogP contribution in [0.25, 0.3) is 50.3 Å². The van der Waals surface area contributed by atoms with Crippen LogP contribution in [0, 0.1) is 6.92 Å². The maximum Gasteiger partial charge on any atom is 0.139 e. The zero-order valence-electron chi connectivity index (χ0n) is 20.2. The van der Waals surface area contributed by atoms with Gasteiger partial charge in [0.05, 0.1) is 47.0 Å². The molecule has 0 amide bonds. The first-order valence-electron chi connectivity index (χ1n) is 11.6. The average molecular weight is 480 g/mol. The summed E-state index contributed by atoms with van der Waals surface area (Å²) in [5.41, 5.74) is 6.92. The van der Waals surface area contributed by atoms with E-state index >= 15 is 0 Å². The van der Waals surface area contributed by atoms with Gasteiger partial charge in [-0.25, -0.2) is 9.97 Å². The molecule has 6 rings (SSSR count). The van der Waals surface area contributed by atoms with Crippen LogP contribution in [0.3, 0.4) is 0 Å². The van der Waals surface area contributed by atoms with Gasteiger partial charge in [0.2, 0.25) is 0 Å².